The Kier molecular flexibility index (Phi) is 5.72. The molecule has 0 aromatic carbocycles. The van der Waals surface area contributed by atoms with Crippen LogP contribution in [0.3, 0.4) is 0 Å². The number of ether oxygens (including phenoxy) is 1. The monoisotopic (exact) mass is 296 g/mol. The number of rotatable bonds is 5. The largest absolute Gasteiger partial charge is 0.381 e. The van der Waals surface area contributed by atoms with Crippen molar-refractivity contribution in [3.8, 4) is 0 Å². The summed E-state index contributed by atoms with van der Waals surface area (Å²) in [6, 6.07) is 0.785. The van der Waals surface area contributed by atoms with Gasteiger partial charge in [-0.3, -0.25) is 0 Å². The van der Waals surface area contributed by atoms with E-state index in [0.717, 1.165) is 31.7 Å². The molecule has 1 saturated carbocycles. The van der Waals surface area contributed by atoms with Gasteiger partial charge in [0.05, 0.1) is 6.61 Å². The van der Waals surface area contributed by atoms with Crippen molar-refractivity contribution in [2.45, 2.75) is 71.4 Å². The molecule has 3 nitrogen and oxygen atoms in total. The van der Waals surface area contributed by atoms with Crippen LogP contribution in [0.2, 0.25) is 0 Å². The first kappa shape index (κ1) is 17.2. The van der Waals surface area contributed by atoms with Crippen molar-refractivity contribution in [1.82, 2.24) is 10.2 Å². The summed E-state index contributed by atoms with van der Waals surface area (Å²) in [5, 5.41) is 3.71. The van der Waals surface area contributed by atoms with Crippen LogP contribution in [0.1, 0.15) is 59.8 Å². The first-order chi connectivity index (χ1) is 9.80. The van der Waals surface area contributed by atoms with Gasteiger partial charge in [0.15, 0.2) is 0 Å². The van der Waals surface area contributed by atoms with Gasteiger partial charge in [0.2, 0.25) is 0 Å². The molecular formula is C18H36N2O. The van der Waals surface area contributed by atoms with Gasteiger partial charge in [-0.05, 0) is 65.8 Å². The van der Waals surface area contributed by atoms with Crippen LogP contribution >= 0.6 is 0 Å². The van der Waals surface area contributed by atoms with Gasteiger partial charge in [-0.25, -0.2) is 0 Å². The van der Waals surface area contributed by atoms with Crippen LogP contribution in [-0.4, -0.2) is 49.8 Å². The molecule has 0 radical (unpaired) electrons. The summed E-state index contributed by atoms with van der Waals surface area (Å²) in [6.45, 7) is 13.3. The lowest BCUT2D eigenvalue weighted by molar-refractivity contribution is 0.0797. The molecule has 0 bridgehead atoms. The normalized spacial score (nSPS) is 34.6. The predicted molar refractivity (Wildman–Crippen MR) is 89.7 cm³/mol. The summed E-state index contributed by atoms with van der Waals surface area (Å²) in [4.78, 5) is 2.63. The molecule has 0 aromatic heterocycles. The Balaban J connectivity index is 1.89. The van der Waals surface area contributed by atoms with Crippen molar-refractivity contribution in [1.29, 1.82) is 0 Å². The molecule has 1 saturated heterocycles. The molecule has 124 valence electrons. The maximum absolute atomic E-state index is 5.76. The summed E-state index contributed by atoms with van der Waals surface area (Å²) in [5.74, 6) is 0.931. The van der Waals surface area contributed by atoms with E-state index in [4.69, 9.17) is 4.74 Å². The van der Waals surface area contributed by atoms with E-state index in [1.165, 1.54) is 38.6 Å². The SMILES string of the molecule is CC1CCC(N(C)CC2(CNC(C)(C)C)CCOC2)CC1. The van der Waals surface area contributed by atoms with Crippen molar-refractivity contribution in [2.24, 2.45) is 11.3 Å². The van der Waals surface area contributed by atoms with Crippen molar-refractivity contribution >= 4 is 0 Å². The molecule has 2 aliphatic rings. The average Bonchev–Trinajstić information content (AvgIpc) is 2.85. The van der Waals surface area contributed by atoms with Crippen LogP contribution in [0.5, 0.6) is 0 Å². The minimum absolute atomic E-state index is 0.189. The van der Waals surface area contributed by atoms with Gasteiger partial charge in [0, 0.05) is 36.7 Å². The molecule has 3 heteroatoms. The highest BCUT2D eigenvalue weighted by Crippen LogP contribution is 2.33. The summed E-state index contributed by atoms with van der Waals surface area (Å²) in [7, 11) is 2.33. The van der Waals surface area contributed by atoms with Crippen LogP contribution in [-0.2, 0) is 4.74 Å². The Hall–Kier alpha value is -0.120. The molecule has 1 aliphatic carbocycles. The number of hydrogen-bond acceptors (Lipinski definition) is 3. The lowest BCUT2D eigenvalue weighted by Gasteiger charge is -2.40. The van der Waals surface area contributed by atoms with Crippen LogP contribution in [0.4, 0.5) is 0 Å². The van der Waals surface area contributed by atoms with Gasteiger partial charge < -0.3 is 15.0 Å². The second kappa shape index (κ2) is 6.97. The van der Waals surface area contributed by atoms with Crippen molar-refractivity contribution in [3.63, 3.8) is 0 Å². The molecule has 21 heavy (non-hydrogen) atoms. The highest BCUT2D eigenvalue weighted by atomic mass is 16.5. The molecular weight excluding hydrogens is 260 g/mol. The lowest BCUT2D eigenvalue weighted by Crippen LogP contribution is -2.50. The minimum Gasteiger partial charge on any atom is -0.381 e. The van der Waals surface area contributed by atoms with Crippen molar-refractivity contribution in [3.05, 3.63) is 0 Å². The molecule has 1 aliphatic heterocycles. The van der Waals surface area contributed by atoms with Gasteiger partial charge in [-0.2, -0.15) is 0 Å². The van der Waals surface area contributed by atoms with Gasteiger partial charge in [0.25, 0.3) is 0 Å². The highest BCUT2D eigenvalue weighted by molar-refractivity contribution is 4.91. The van der Waals surface area contributed by atoms with Gasteiger partial charge in [-0.15, -0.1) is 0 Å². The van der Waals surface area contributed by atoms with Crippen LogP contribution in [0, 0.1) is 11.3 Å². The Labute approximate surface area is 131 Å². The Morgan fingerprint density at radius 1 is 1.19 bits per heavy atom. The molecule has 1 N–H and O–H groups in total. The maximum atomic E-state index is 5.76. The predicted octanol–water partition coefficient (Wildman–Crippen LogP) is 3.29. The van der Waals surface area contributed by atoms with E-state index in [0.29, 0.717) is 5.41 Å². The first-order valence-corrected chi connectivity index (χ1v) is 8.83. The third-order valence-corrected chi connectivity index (χ3v) is 5.37. The van der Waals surface area contributed by atoms with E-state index in [9.17, 15) is 0 Å². The lowest BCUT2D eigenvalue weighted by atomic mass is 9.83. The number of nitrogens with zero attached hydrogens (tertiary/aromatic N) is 1. The quantitative estimate of drug-likeness (QED) is 0.842. The molecule has 0 aromatic rings. The highest BCUT2D eigenvalue weighted by Gasteiger charge is 2.38. The van der Waals surface area contributed by atoms with Gasteiger partial charge in [0.1, 0.15) is 0 Å². The Bertz CT molecular complexity index is 310. The zero-order valence-electron chi connectivity index (χ0n) is 14.9. The molecule has 2 rings (SSSR count). The van der Waals surface area contributed by atoms with E-state index in [1.807, 2.05) is 0 Å². The van der Waals surface area contributed by atoms with Crippen LogP contribution in [0.25, 0.3) is 0 Å². The number of hydrogen-bond donors (Lipinski definition) is 1. The summed E-state index contributed by atoms with van der Waals surface area (Å²) >= 11 is 0. The Morgan fingerprint density at radius 3 is 2.38 bits per heavy atom. The minimum atomic E-state index is 0.189. The van der Waals surface area contributed by atoms with E-state index in [1.54, 1.807) is 0 Å². The van der Waals surface area contributed by atoms with Gasteiger partial charge in [-0.1, -0.05) is 6.92 Å². The zero-order valence-corrected chi connectivity index (χ0v) is 14.9. The summed E-state index contributed by atoms with van der Waals surface area (Å²) < 4.78 is 5.76. The first-order valence-electron chi connectivity index (χ1n) is 8.83. The number of nitrogens with one attached hydrogen (secondary N) is 1. The van der Waals surface area contributed by atoms with Crippen LogP contribution in [0.15, 0.2) is 0 Å². The fraction of sp³-hybridized carbons (Fsp3) is 1.00. The third kappa shape index (κ3) is 5.22. The van der Waals surface area contributed by atoms with E-state index in [2.05, 4.69) is 45.0 Å². The Morgan fingerprint density at radius 2 is 1.86 bits per heavy atom. The molecule has 1 heterocycles. The summed E-state index contributed by atoms with van der Waals surface area (Å²) in [6.07, 6.45) is 6.75. The maximum Gasteiger partial charge on any atom is 0.0547 e. The van der Waals surface area contributed by atoms with E-state index < -0.39 is 0 Å². The second-order valence-electron chi connectivity index (χ2n) is 8.73. The van der Waals surface area contributed by atoms with E-state index in [-0.39, 0.29) is 5.54 Å². The third-order valence-electron chi connectivity index (χ3n) is 5.37. The summed E-state index contributed by atoms with van der Waals surface area (Å²) in [5.41, 5.74) is 0.500. The standard InChI is InChI=1S/C18H36N2O/c1-15-6-8-16(9-7-15)20(5)13-18(10-11-21-14-18)12-19-17(2,3)4/h15-16,19H,6-14H2,1-5H3. The molecule has 1 atom stereocenters. The second-order valence-corrected chi connectivity index (χ2v) is 8.73. The molecule has 0 amide bonds. The van der Waals surface area contributed by atoms with Crippen molar-refractivity contribution in [2.75, 3.05) is 33.4 Å². The average molecular weight is 296 g/mol. The fourth-order valence-electron chi connectivity index (χ4n) is 3.76. The van der Waals surface area contributed by atoms with Crippen LogP contribution < -0.4 is 5.32 Å². The van der Waals surface area contributed by atoms with Gasteiger partial charge >= 0.3 is 0 Å². The molecule has 0 spiro atoms. The van der Waals surface area contributed by atoms with Crippen molar-refractivity contribution < 1.29 is 4.74 Å². The molecule has 2 fully saturated rings. The smallest absolute Gasteiger partial charge is 0.0547 e. The fourth-order valence-corrected chi connectivity index (χ4v) is 3.76. The topological polar surface area (TPSA) is 24.5 Å². The molecule has 1 unspecified atom stereocenters. The van der Waals surface area contributed by atoms with E-state index >= 15 is 0 Å². The zero-order chi connectivity index (χ0) is 15.5.